The molecule has 1 saturated heterocycles. The van der Waals surface area contributed by atoms with Crippen LogP contribution in [0, 0.1) is 19.8 Å². The lowest BCUT2D eigenvalue weighted by Crippen LogP contribution is -2.46. The normalized spacial score (nSPS) is 16.7. The predicted molar refractivity (Wildman–Crippen MR) is 112 cm³/mol. The van der Waals surface area contributed by atoms with E-state index < -0.39 is 0 Å². The number of rotatable bonds is 8. The molecule has 154 valence electrons. The molecule has 6 heteroatoms. The van der Waals surface area contributed by atoms with Gasteiger partial charge in [0.2, 0.25) is 11.8 Å². The largest absolute Gasteiger partial charge is 0.355 e. The molecule has 0 saturated carbocycles. The van der Waals surface area contributed by atoms with E-state index >= 15 is 0 Å². The zero-order chi connectivity index (χ0) is 20.6. The summed E-state index contributed by atoms with van der Waals surface area (Å²) in [6, 6.07) is 12.2. The van der Waals surface area contributed by atoms with E-state index in [-0.39, 0.29) is 17.7 Å². The van der Waals surface area contributed by atoms with Crippen LogP contribution >= 0.6 is 0 Å². The number of amides is 2. The molecule has 1 aliphatic rings. The molecule has 2 aromatic rings. The first kappa shape index (κ1) is 21.0. The highest BCUT2D eigenvalue weighted by molar-refractivity contribution is 5.83. The van der Waals surface area contributed by atoms with Gasteiger partial charge in [-0.1, -0.05) is 30.3 Å². The number of carbonyl (C=O) groups is 2. The van der Waals surface area contributed by atoms with Crippen LogP contribution in [0.15, 0.2) is 36.4 Å². The zero-order valence-corrected chi connectivity index (χ0v) is 17.4. The fourth-order valence-electron chi connectivity index (χ4n) is 3.82. The molecule has 0 spiro atoms. The maximum atomic E-state index is 12.6. The summed E-state index contributed by atoms with van der Waals surface area (Å²) in [5, 5.41) is 3.00. The van der Waals surface area contributed by atoms with Gasteiger partial charge in [0.25, 0.3) is 0 Å². The minimum Gasteiger partial charge on any atom is -0.355 e. The van der Waals surface area contributed by atoms with E-state index in [1.54, 1.807) is 0 Å². The smallest absolute Gasteiger partial charge is 0.224 e. The third-order valence-electron chi connectivity index (χ3n) is 5.28. The number of hydrogen-bond donors (Lipinski definition) is 1. The fourth-order valence-corrected chi connectivity index (χ4v) is 3.82. The quantitative estimate of drug-likeness (QED) is 0.747. The van der Waals surface area contributed by atoms with Gasteiger partial charge < -0.3 is 10.2 Å². The second-order valence-corrected chi connectivity index (χ2v) is 7.77. The Hall–Kier alpha value is -2.76. The van der Waals surface area contributed by atoms with Crippen molar-refractivity contribution in [2.75, 3.05) is 19.6 Å². The zero-order valence-electron chi connectivity index (χ0n) is 17.4. The lowest BCUT2D eigenvalue weighted by Gasteiger charge is -2.32. The molecule has 2 amide bonds. The Morgan fingerprint density at radius 1 is 1.14 bits per heavy atom. The molecule has 1 aliphatic heterocycles. The first-order valence-electron chi connectivity index (χ1n) is 10.4. The van der Waals surface area contributed by atoms with E-state index in [4.69, 9.17) is 0 Å². The van der Waals surface area contributed by atoms with Crippen LogP contribution in [0.4, 0.5) is 0 Å². The third-order valence-corrected chi connectivity index (χ3v) is 5.28. The number of piperidine rings is 1. The van der Waals surface area contributed by atoms with Crippen molar-refractivity contribution in [1.82, 2.24) is 20.2 Å². The van der Waals surface area contributed by atoms with Crippen molar-refractivity contribution in [1.29, 1.82) is 0 Å². The Morgan fingerprint density at radius 2 is 1.86 bits per heavy atom. The lowest BCUT2D eigenvalue weighted by molar-refractivity contribution is -0.138. The first-order valence-corrected chi connectivity index (χ1v) is 10.4. The first-order chi connectivity index (χ1) is 14.0. The molecule has 1 atom stereocenters. The second kappa shape index (κ2) is 10.1. The molecule has 1 fully saturated rings. The van der Waals surface area contributed by atoms with Gasteiger partial charge in [-0.05, 0) is 44.7 Å². The number of benzene rings is 1. The van der Waals surface area contributed by atoms with Gasteiger partial charge >= 0.3 is 0 Å². The summed E-state index contributed by atoms with van der Waals surface area (Å²) in [5.74, 6) is 0.800. The summed E-state index contributed by atoms with van der Waals surface area (Å²) in [6.07, 6.45) is 3.54. The van der Waals surface area contributed by atoms with Crippen molar-refractivity contribution in [3.05, 3.63) is 59.2 Å². The summed E-state index contributed by atoms with van der Waals surface area (Å²) in [7, 11) is 0. The molecular weight excluding hydrogens is 364 g/mol. The maximum absolute atomic E-state index is 12.6. The van der Waals surface area contributed by atoms with Crippen LogP contribution in [-0.4, -0.2) is 46.3 Å². The van der Waals surface area contributed by atoms with Gasteiger partial charge in [-0.3, -0.25) is 9.59 Å². The van der Waals surface area contributed by atoms with E-state index in [1.165, 1.54) is 5.56 Å². The summed E-state index contributed by atoms with van der Waals surface area (Å²) in [6.45, 7) is 5.62. The molecule has 1 aromatic carbocycles. The number of aryl methyl sites for hydroxylation is 3. The molecule has 6 nitrogen and oxygen atoms in total. The van der Waals surface area contributed by atoms with Crippen molar-refractivity contribution < 1.29 is 9.59 Å². The second-order valence-electron chi connectivity index (χ2n) is 7.77. The fraction of sp³-hybridized carbons (Fsp3) is 0.478. The van der Waals surface area contributed by atoms with Gasteiger partial charge in [-0.25, -0.2) is 9.97 Å². The molecule has 1 unspecified atom stereocenters. The van der Waals surface area contributed by atoms with E-state index in [0.29, 0.717) is 38.9 Å². The average molecular weight is 395 g/mol. The average Bonchev–Trinajstić information content (AvgIpc) is 2.69. The number of nitrogens with zero attached hydrogens (tertiary/aromatic N) is 3. The van der Waals surface area contributed by atoms with Crippen molar-refractivity contribution >= 4 is 11.8 Å². The minimum absolute atomic E-state index is 0.0231. The highest BCUT2D eigenvalue weighted by Crippen LogP contribution is 2.18. The van der Waals surface area contributed by atoms with Crippen LogP contribution in [0.2, 0.25) is 0 Å². The molecule has 0 bridgehead atoms. The number of likely N-dealkylation sites (tertiary alicyclic amines) is 1. The summed E-state index contributed by atoms with van der Waals surface area (Å²) in [4.78, 5) is 35.5. The van der Waals surface area contributed by atoms with Gasteiger partial charge in [0.05, 0.1) is 5.92 Å². The molecule has 29 heavy (non-hydrogen) atoms. The van der Waals surface area contributed by atoms with Crippen LogP contribution in [-0.2, 0) is 22.4 Å². The Balaban J connectivity index is 1.43. The number of aromatic nitrogens is 2. The van der Waals surface area contributed by atoms with Crippen LogP contribution in [0.3, 0.4) is 0 Å². The monoisotopic (exact) mass is 394 g/mol. The lowest BCUT2D eigenvalue weighted by atomic mass is 9.96. The molecule has 0 aliphatic carbocycles. The number of carbonyl (C=O) groups excluding carboxylic acids is 2. The van der Waals surface area contributed by atoms with Crippen LogP contribution in [0.1, 0.15) is 42.0 Å². The Morgan fingerprint density at radius 3 is 2.59 bits per heavy atom. The van der Waals surface area contributed by atoms with E-state index in [2.05, 4.69) is 27.4 Å². The Kier molecular flexibility index (Phi) is 7.33. The van der Waals surface area contributed by atoms with Gasteiger partial charge in [0.1, 0.15) is 5.82 Å². The topological polar surface area (TPSA) is 75.2 Å². The van der Waals surface area contributed by atoms with Gasteiger partial charge in [-0.2, -0.15) is 0 Å². The number of nitrogens with one attached hydrogen (secondary N) is 1. The van der Waals surface area contributed by atoms with E-state index in [9.17, 15) is 9.59 Å². The summed E-state index contributed by atoms with van der Waals surface area (Å²) >= 11 is 0. The van der Waals surface area contributed by atoms with Gasteiger partial charge in [0.15, 0.2) is 0 Å². The van der Waals surface area contributed by atoms with Crippen molar-refractivity contribution in [3.63, 3.8) is 0 Å². The molecule has 0 radical (unpaired) electrons. The third kappa shape index (κ3) is 6.38. The summed E-state index contributed by atoms with van der Waals surface area (Å²) in [5.41, 5.74) is 3.16. The minimum atomic E-state index is -0.135. The molecule has 1 N–H and O–H groups in total. The molecule has 3 rings (SSSR count). The van der Waals surface area contributed by atoms with E-state index in [0.717, 1.165) is 30.1 Å². The van der Waals surface area contributed by atoms with Gasteiger partial charge in [-0.15, -0.1) is 0 Å². The molecule has 2 heterocycles. The van der Waals surface area contributed by atoms with Crippen molar-refractivity contribution in [2.24, 2.45) is 5.92 Å². The Bertz CT molecular complexity index is 818. The number of hydrogen-bond acceptors (Lipinski definition) is 4. The summed E-state index contributed by atoms with van der Waals surface area (Å²) < 4.78 is 0. The standard InChI is InChI=1S/C23H30N4O2/c1-17-15-18(2)26-21(25-17)12-13-24-23(29)20-10-11-22(28)27(16-20)14-6-9-19-7-4-3-5-8-19/h3-5,7-8,15,20H,6,9-14,16H2,1-2H3,(H,24,29). The molecular formula is C23H30N4O2. The van der Waals surface area contributed by atoms with Crippen molar-refractivity contribution in [3.8, 4) is 0 Å². The van der Waals surface area contributed by atoms with Crippen molar-refractivity contribution in [2.45, 2.75) is 46.0 Å². The SMILES string of the molecule is Cc1cc(C)nc(CCNC(=O)C2CCC(=O)N(CCCc3ccccc3)C2)n1. The van der Waals surface area contributed by atoms with E-state index in [1.807, 2.05) is 43.0 Å². The molecule has 1 aromatic heterocycles. The predicted octanol–water partition coefficient (Wildman–Crippen LogP) is 2.62. The highest BCUT2D eigenvalue weighted by atomic mass is 16.2. The Labute approximate surface area is 172 Å². The maximum Gasteiger partial charge on any atom is 0.224 e. The van der Waals surface area contributed by atoms with Gasteiger partial charge in [0, 0.05) is 43.9 Å². The van der Waals surface area contributed by atoms with Crippen LogP contribution in [0.25, 0.3) is 0 Å². The van der Waals surface area contributed by atoms with Crippen LogP contribution in [0.5, 0.6) is 0 Å². The highest BCUT2D eigenvalue weighted by Gasteiger charge is 2.29. The van der Waals surface area contributed by atoms with Crippen LogP contribution < -0.4 is 5.32 Å².